The second kappa shape index (κ2) is 42.9. The Bertz CT molecular complexity index is 1210. The van der Waals surface area contributed by atoms with E-state index >= 15 is 0 Å². The molecule has 65 heavy (non-hydrogen) atoms. The average molecular weight is 948 g/mol. The van der Waals surface area contributed by atoms with Gasteiger partial charge >= 0.3 is 10.4 Å². The summed E-state index contributed by atoms with van der Waals surface area (Å²) in [5.74, 6) is -0.229. The molecule has 7 unspecified atom stereocenters. The number of rotatable bonds is 47. The summed E-state index contributed by atoms with van der Waals surface area (Å²) in [6.07, 6.45) is 40.9. The van der Waals surface area contributed by atoms with E-state index in [1.165, 1.54) is 180 Å². The molecule has 1 rings (SSSR count). The summed E-state index contributed by atoms with van der Waals surface area (Å²) in [4.78, 5) is 13.1. The Morgan fingerprint density at radius 3 is 1.38 bits per heavy atom. The van der Waals surface area contributed by atoms with Gasteiger partial charge in [0.15, 0.2) is 6.29 Å². The summed E-state index contributed by atoms with van der Waals surface area (Å²) in [7, 11) is -5.07. The van der Waals surface area contributed by atoms with Crippen LogP contribution < -0.4 is 5.32 Å². The molecule has 0 aromatic rings. The first kappa shape index (κ1) is 61.9. The van der Waals surface area contributed by atoms with E-state index < -0.39 is 59.9 Å². The molecule has 1 aliphatic rings. The molecule has 0 aromatic carbocycles. The first-order valence-corrected chi connectivity index (χ1v) is 28.4. The van der Waals surface area contributed by atoms with Gasteiger partial charge in [-0.3, -0.25) is 9.35 Å². The van der Waals surface area contributed by atoms with Gasteiger partial charge in [-0.05, 0) is 38.5 Å². The maximum absolute atomic E-state index is 13.1. The number of aliphatic hydroxyl groups excluding tert-OH is 4. The molecular formula is C52H101NO11S. The number of nitrogens with one attached hydrogen (secondary N) is 1. The number of unbranched alkanes of at least 4 members (excludes halogenated alkanes) is 33. The van der Waals surface area contributed by atoms with Crippen molar-refractivity contribution in [1.82, 2.24) is 5.32 Å². The van der Waals surface area contributed by atoms with E-state index in [9.17, 15) is 38.2 Å². The van der Waals surface area contributed by atoms with Crippen molar-refractivity contribution in [3.05, 3.63) is 12.2 Å². The van der Waals surface area contributed by atoms with Crippen LogP contribution in [0.15, 0.2) is 12.2 Å². The van der Waals surface area contributed by atoms with Crippen molar-refractivity contribution in [3.8, 4) is 0 Å². The Hall–Kier alpha value is -1.16. The van der Waals surface area contributed by atoms with Crippen LogP contribution in [0.4, 0.5) is 0 Å². The molecule has 386 valence electrons. The molecule has 7 atom stereocenters. The fourth-order valence-electron chi connectivity index (χ4n) is 8.87. The summed E-state index contributed by atoms with van der Waals surface area (Å²) >= 11 is 0. The van der Waals surface area contributed by atoms with Crippen molar-refractivity contribution < 1.29 is 51.8 Å². The zero-order chi connectivity index (χ0) is 47.6. The number of ether oxygens (including phenoxy) is 2. The zero-order valence-corrected chi connectivity index (χ0v) is 42.4. The van der Waals surface area contributed by atoms with Crippen LogP contribution in [0.1, 0.15) is 258 Å². The Balaban J connectivity index is 2.29. The largest absolute Gasteiger partial charge is 0.397 e. The van der Waals surface area contributed by atoms with Gasteiger partial charge in [-0.2, -0.15) is 8.42 Å². The van der Waals surface area contributed by atoms with E-state index in [0.717, 1.165) is 51.4 Å². The second-order valence-corrected chi connectivity index (χ2v) is 20.2. The maximum Gasteiger partial charge on any atom is 0.397 e. The molecule has 0 aromatic heterocycles. The number of aliphatic hydroxyl groups is 4. The minimum Gasteiger partial charge on any atom is -0.394 e. The lowest BCUT2D eigenvalue weighted by Gasteiger charge is -2.41. The number of carbonyl (C=O) groups excluding carboxylic acids is 1. The van der Waals surface area contributed by atoms with Crippen LogP contribution in [-0.4, -0.2) is 95.4 Å². The van der Waals surface area contributed by atoms with Crippen molar-refractivity contribution in [2.45, 2.75) is 301 Å². The molecule has 1 heterocycles. The lowest BCUT2D eigenvalue weighted by Crippen LogP contribution is -2.61. The minimum atomic E-state index is -5.07. The third-order valence-electron chi connectivity index (χ3n) is 13.1. The lowest BCUT2D eigenvalue weighted by molar-refractivity contribution is -0.298. The van der Waals surface area contributed by atoms with E-state index in [1.807, 2.05) is 0 Å². The molecule has 13 heteroatoms. The van der Waals surface area contributed by atoms with Crippen LogP contribution in [0.3, 0.4) is 0 Å². The van der Waals surface area contributed by atoms with Crippen LogP contribution in [0, 0.1) is 0 Å². The standard InChI is InChI=1S/C52H101NO11S/c1-3-5-7-9-11-13-15-16-17-18-19-20-21-22-23-24-25-26-27-28-29-30-32-34-36-38-40-42-48(56)53-45(46(55)41-39-37-35-33-31-14-12-10-8-6-4-2)44-62-52-50(58)51(64-65(59,60)61)49(57)47(43-54)63-52/h22-23,45-47,49-52,54-55,57-58H,3-21,24-44H2,1-2H3,(H,53,56)(H,59,60,61)/b23-22-. The van der Waals surface area contributed by atoms with Crippen molar-refractivity contribution in [1.29, 1.82) is 0 Å². The van der Waals surface area contributed by atoms with Gasteiger partial charge in [0.05, 0.1) is 25.4 Å². The molecule has 1 amide bonds. The van der Waals surface area contributed by atoms with Crippen LogP contribution in [0.2, 0.25) is 0 Å². The predicted octanol–water partition coefficient (Wildman–Crippen LogP) is 11.9. The van der Waals surface area contributed by atoms with Gasteiger partial charge in [-0.15, -0.1) is 0 Å². The molecule has 1 aliphatic heterocycles. The van der Waals surface area contributed by atoms with Crippen LogP contribution in [-0.2, 0) is 28.9 Å². The van der Waals surface area contributed by atoms with Crippen molar-refractivity contribution >= 4 is 16.3 Å². The highest BCUT2D eigenvalue weighted by molar-refractivity contribution is 7.80. The van der Waals surface area contributed by atoms with E-state index in [2.05, 4.69) is 35.5 Å². The fourth-order valence-corrected chi connectivity index (χ4v) is 9.38. The molecule has 1 fully saturated rings. The molecular weight excluding hydrogens is 847 g/mol. The Labute approximate surface area is 398 Å². The molecule has 0 spiro atoms. The quantitative estimate of drug-likeness (QED) is 0.0193. The molecule has 0 saturated carbocycles. The smallest absolute Gasteiger partial charge is 0.394 e. The number of carbonyl (C=O) groups is 1. The van der Waals surface area contributed by atoms with E-state index in [0.29, 0.717) is 12.8 Å². The monoisotopic (exact) mass is 948 g/mol. The number of amides is 1. The first-order valence-electron chi connectivity index (χ1n) is 27.1. The van der Waals surface area contributed by atoms with Crippen molar-refractivity contribution in [2.75, 3.05) is 13.2 Å². The number of hydrogen-bond acceptors (Lipinski definition) is 10. The number of hydrogen-bond donors (Lipinski definition) is 6. The van der Waals surface area contributed by atoms with E-state index in [4.69, 9.17) is 9.47 Å². The van der Waals surface area contributed by atoms with Gasteiger partial charge in [-0.25, -0.2) is 4.18 Å². The normalized spacial score (nSPS) is 20.1. The van der Waals surface area contributed by atoms with Gasteiger partial charge in [-0.1, -0.05) is 225 Å². The third kappa shape index (κ3) is 35.6. The maximum atomic E-state index is 13.1. The van der Waals surface area contributed by atoms with Gasteiger partial charge < -0.3 is 35.2 Å². The van der Waals surface area contributed by atoms with Crippen LogP contribution in [0.25, 0.3) is 0 Å². The van der Waals surface area contributed by atoms with Gasteiger partial charge in [0, 0.05) is 6.42 Å². The average Bonchev–Trinajstić information content (AvgIpc) is 3.28. The molecule has 12 nitrogen and oxygen atoms in total. The lowest BCUT2D eigenvalue weighted by atomic mass is 9.99. The Morgan fingerprint density at radius 2 is 0.985 bits per heavy atom. The second-order valence-electron chi connectivity index (χ2n) is 19.2. The fraction of sp³-hybridized carbons (Fsp3) is 0.942. The summed E-state index contributed by atoms with van der Waals surface area (Å²) < 4.78 is 47.7. The van der Waals surface area contributed by atoms with Crippen molar-refractivity contribution in [3.63, 3.8) is 0 Å². The first-order chi connectivity index (χ1) is 31.5. The van der Waals surface area contributed by atoms with Gasteiger partial charge in [0.2, 0.25) is 5.91 Å². The Kier molecular flexibility index (Phi) is 40.8. The summed E-state index contributed by atoms with van der Waals surface area (Å²) in [6, 6.07) is -0.854. The summed E-state index contributed by atoms with van der Waals surface area (Å²) in [6.45, 7) is 3.46. The van der Waals surface area contributed by atoms with Crippen LogP contribution >= 0.6 is 0 Å². The minimum absolute atomic E-state index is 0.229. The molecule has 0 radical (unpaired) electrons. The molecule has 0 bridgehead atoms. The van der Waals surface area contributed by atoms with Crippen LogP contribution in [0.5, 0.6) is 0 Å². The molecule has 1 saturated heterocycles. The third-order valence-corrected chi connectivity index (χ3v) is 13.5. The highest BCUT2D eigenvalue weighted by atomic mass is 32.3. The zero-order valence-electron chi connectivity index (χ0n) is 41.6. The molecule has 6 N–H and O–H groups in total. The number of allylic oxidation sites excluding steroid dienone is 2. The summed E-state index contributed by atoms with van der Waals surface area (Å²) in [5, 5.41) is 44.9. The topological polar surface area (TPSA) is 192 Å². The summed E-state index contributed by atoms with van der Waals surface area (Å²) in [5.41, 5.74) is 0. The predicted molar refractivity (Wildman–Crippen MR) is 264 cm³/mol. The highest BCUT2D eigenvalue weighted by Gasteiger charge is 2.48. The van der Waals surface area contributed by atoms with Gasteiger partial charge in [0.25, 0.3) is 0 Å². The highest BCUT2D eigenvalue weighted by Crippen LogP contribution is 2.26. The Morgan fingerprint density at radius 1 is 0.600 bits per heavy atom. The van der Waals surface area contributed by atoms with E-state index in [1.54, 1.807) is 0 Å². The molecule has 0 aliphatic carbocycles. The SMILES string of the molecule is CCCCCCCCCCCCCC/C=C\CCCCCCCCCCCCCC(=O)NC(COC1OC(CO)C(O)C(OS(=O)(=O)O)C1O)C(O)CCCCCCCCCCCCC. The van der Waals surface area contributed by atoms with E-state index in [-0.39, 0.29) is 12.5 Å². The van der Waals surface area contributed by atoms with Crippen molar-refractivity contribution in [2.24, 2.45) is 0 Å². The van der Waals surface area contributed by atoms with Gasteiger partial charge in [0.1, 0.15) is 24.4 Å².